The summed E-state index contributed by atoms with van der Waals surface area (Å²) in [6.07, 6.45) is 1.32. The van der Waals surface area contributed by atoms with Gasteiger partial charge in [-0.1, -0.05) is 40.2 Å². The Kier molecular flexibility index (Phi) is 5.11. The van der Waals surface area contributed by atoms with Crippen molar-refractivity contribution in [3.8, 4) is 6.07 Å². The number of nitrogens with zero attached hydrogens (tertiary/aromatic N) is 1. The van der Waals surface area contributed by atoms with Crippen molar-refractivity contribution in [2.24, 2.45) is 0 Å². The number of hydrogen-bond acceptors (Lipinski definition) is 3. The number of nitriles is 1. The van der Waals surface area contributed by atoms with E-state index in [9.17, 15) is 12.8 Å². The van der Waals surface area contributed by atoms with Gasteiger partial charge in [0.1, 0.15) is 16.8 Å². The van der Waals surface area contributed by atoms with Crippen molar-refractivity contribution in [2.75, 3.05) is 0 Å². The molecule has 0 heterocycles. The molecule has 112 valence electrons. The lowest BCUT2D eigenvalue weighted by Crippen LogP contribution is -2.06. The third-order valence-corrected chi connectivity index (χ3v) is 5.00. The minimum absolute atomic E-state index is 0.320. The fourth-order valence-corrected chi connectivity index (χ4v) is 3.29. The van der Waals surface area contributed by atoms with Gasteiger partial charge in [-0.25, -0.2) is 12.8 Å². The van der Waals surface area contributed by atoms with Crippen LogP contribution in [0.4, 0.5) is 4.39 Å². The maximum atomic E-state index is 12.8. The van der Waals surface area contributed by atoms with Gasteiger partial charge in [0, 0.05) is 4.47 Å². The first kappa shape index (κ1) is 16.4. The maximum absolute atomic E-state index is 12.8. The van der Waals surface area contributed by atoms with Crippen molar-refractivity contribution >= 4 is 31.8 Å². The Morgan fingerprint density at radius 3 is 2.27 bits per heavy atom. The monoisotopic (exact) mass is 379 g/mol. The summed E-state index contributed by atoms with van der Waals surface area (Å²) in [6.45, 7) is 0. The second-order valence-corrected chi connectivity index (χ2v) is 7.43. The predicted molar refractivity (Wildman–Crippen MR) is 86.8 cm³/mol. The van der Waals surface area contributed by atoms with Gasteiger partial charge in [-0.15, -0.1) is 0 Å². The van der Waals surface area contributed by atoms with E-state index in [1.807, 2.05) is 0 Å². The molecule has 0 aliphatic heterocycles. The third-order valence-electron chi connectivity index (χ3n) is 2.88. The Hall–Kier alpha value is -1.97. The van der Waals surface area contributed by atoms with Crippen LogP contribution in [0.15, 0.2) is 57.9 Å². The molecule has 0 aliphatic rings. The zero-order valence-corrected chi connectivity index (χ0v) is 13.7. The number of hydrogen-bond donors (Lipinski definition) is 0. The normalized spacial score (nSPS) is 12.0. The molecule has 0 bridgehead atoms. The summed E-state index contributed by atoms with van der Waals surface area (Å²) in [5, 5.41) is 9.13. The molecule has 6 heteroatoms. The predicted octanol–water partition coefficient (Wildman–Crippen LogP) is 4.07. The van der Waals surface area contributed by atoms with Gasteiger partial charge in [0.2, 0.25) is 0 Å². The van der Waals surface area contributed by atoms with Gasteiger partial charge in [-0.2, -0.15) is 5.26 Å². The SMILES string of the molecule is N#CC(=Cc1ccc(Br)cc1)S(=O)(=O)Cc1ccc(F)cc1. The van der Waals surface area contributed by atoms with Gasteiger partial charge in [0.25, 0.3) is 0 Å². The second kappa shape index (κ2) is 6.86. The molecule has 0 atom stereocenters. The van der Waals surface area contributed by atoms with Crippen molar-refractivity contribution in [2.45, 2.75) is 5.75 Å². The van der Waals surface area contributed by atoms with Gasteiger partial charge in [0.05, 0.1) is 5.75 Å². The van der Waals surface area contributed by atoms with Crippen LogP contribution in [-0.4, -0.2) is 8.42 Å². The van der Waals surface area contributed by atoms with E-state index in [4.69, 9.17) is 5.26 Å². The summed E-state index contributed by atoms with van der Waals surface area (Å²) in [5.74, 6) is -0.782. The molecule has 2 aromatic carbocycles. The average molecular weight is 380 g/mol. The summed E-state index contributed by atoms with van der Waals surface area (Å²) in [7, 11) is -3.78. The molecule has 2 rings (SSSR count). The third kappa shape index (κ3) is 4.26. The molecular formula is C16H11BrFNO2S. The van der Waals surface area contributed by atoms with Gasteiger partial charge in [-0.05, 0) is 41.5 Å². The minimum Gasteiger partial charge on any atom is -0.223 e. The maximum Gasteiger partial charge on any atom is 0.192 e. The summed E-state index contributed by atoms with van der Waals surface area (Å²) >= 11 is 3.28. The molecule has 0 radical (unpaired) electrons. The summed E-state index contributed by atoms with van der Waals surface area (Å²) in [4.78, 5) is -0.320. The zero-order chi connectivity index (χ0) is 16.2. The molecule has 0 saturated carbocycles. The van der Waals surface area contributed by atoms with Gasteiger partial charge in [-0.3, -0.25) is 0 Å². The molecule has 0 aliphatic carbocycles. The molecule has 0 saturated heterocycles. The fraction of sp³-hybridized carbons (Fsp3) is 0.0625. The Balaban J connectivity index is 2.31. The molecule has 2 aromatic rings. The molecule has 0 spiro atoms. The highest BCUT2D eigenvalue weighted by Crippen LogP contribution is 2.19. The van der Waals surface area contributed by atoms with Crippen LogP contribution < -0.4 is 0 Å². The lowest BCUT2D eigenvalue weighted by Gasteiger charge is -2.04. The molecule has 0 aromatic heterocycles. The minimum atomic E-state index is -3.78. The topological polar surface area (TPSA) is 57.9 Å². The van der Waals surface area contributed by atoms with E-state index in [1.165, 1.54) is 30.3 Å². The number of allylic oxidation sites excluding steroid dienone is 1. The highest BCUT2D eigenvalue weighted by atomic mass is 79.9. The van der Waals surface area contributed by atoms with Crippen LogP contribution in [0.25, 0.3) is 6.08 Å². The zero-order valence-electron chi connectivity index (χ0n) is 11.3. The van der Waals surface area contributed by atoms with E-state index in [0.717, 1.165) is 4.47 Å². The van der Waals surface area contributed by atoms with Gasteiger partial charge in [0.15, 0.2) is 9.84 Å². The number of benzene rings is 2. The fourth-order valence-electron chi connectivity index (χ4n) is 1.78. The van der Waals surface area contributed by atoms with Crippen molar-refractivity contribution in [1.29, 1.82) is 5.26 Å². The molecule has 3 nitrogen and oxygen atoms in total. The summed E-state index contributed by atoms with van der Waals surface area (Å²) < 4.78 is 38.3. The van der Waals surface area contributed by atoms with E-state index >= 15 is 0 Å². The number of rotatable bonds is 4. The van der Waals surface area contributed by atoms with E-state index in [1.54, 1.807) is 30.3 Å². The van der Waals surface area contributed by atoms with Crippen molar-refractivity contribution in [3.63, 3.8) is 0 Å². The first-order chi connectivity index (χ1) is 10.4. The summed E-state index contributed by atoms with van der Waals surface area (Å²) in [6, 6.07) is 13.8. The number of sulfone groups is 1. The van der Waals surface area contributed by atoms with Crippen LogP contribution in [0.1, 0.15) is 11.1 Å². The second-order valence-electron chi connectivity index (χ2n) is 4.56. The van der Waals surface area contributed by atoms with Crippen LogP contribution in [0.5, 0.6) is 0 Å². The number of halogens is 2. The largest absolute Gasteiger partial charge is 0.223 e. The van der Waals surface area contributed by atoms with E-state index < -0.39 is 15.7 Å². The van der Waals surface area contributed by atoms with Crippen LogP contribution in [0.2, 0.25) is 0 Å². The molecule has 0 fully saturated rings. The Bertz CT molecular complexity index is 835. The van der Waals surface area contributed by atoms with E-state index in [0.29, 0.717) is 11.1 Å². The van der Waals surface area contributed by atoms with Crippen LogP contribution in [0.3, 0.4) is 0 Å². The average Bonchev–Trinajstić information content (AvgIpc) is 2.48. The van der Waals surface area contributed by atoms with Gasteiger partial charge >= 0.3 is 0 Å². The van der Waals surface area contributed by atoms with Crippen LogP contribution >= 0.6 is 15.9 Å². The molecule has 22 heavy (non-hydrogen) atoms. The van der Waals surface area contributed by atoms with E-state index in [-0.39, 0.29) is 10.7 Å². The van der Waals surface area contributed by atoms with Crippen LogP contribution in [0, 0.1) is 17.1 Å². The van der Waals surface area contributed by atoms with E-state index in [2.05, 4.69) is 15.9 Å². The lowest BCUT2D eigenvalue weighted by atomic mass is 10.2. The Morgan fingerprint density at radius 1 is 1.14 bits per heavy atom. The standard InChI is InChI=1S/C16H11BrFNO2S/c17-14-5-1-12(2-6-14)9-16(10-19)22(20,21)11-13-3-7-15(18)8-4-13/h1-9H,11H2. The molecule has 0 N–H and O–H groups in total. The lowest BCUT2D eigenvalue weighted by molar-refractivity contribution is 0.602. The van der Waals surface area contributed by atoms with Crippen LogP contribution in [-0.2, 0) is 15.6 Å². The molecule has 0 unspecified atom stereocenters. The first-order valence-electron chi connectivity index (χ1n) is 6.25. The smallest absolute Gasteiger partial charge is 0.192 e. The molecule has 0 amide bonds. The molecular weight excluding hydrogens is 369 g/mol. The highest BCUT2D eigenvalue weighted by molar-refractivity contribution is 9.10. The van der Waals surface area contributed by atoms with Crippen molar-refractivity contribution < 1.29 is 12.8 Å². The van der Waals surface area contributed by atoms with Crippen molar-refractivity contribution in [3.05, 3.63) is 74.9 Å². The highest BCUT2D eigenvalue weighted by Gasteiger charge is 2.18. The summed E-state index contributed by atoms with van der Waals surface area (Å²) in [5.41, 5.74) is 1.04. The Morgan fingerprint density at radius 2 is 1.73 bits per heavy atom. The van der Waals surface area contributed by atoms with Gasteiger partial charge < -0.3 is 0 Å². The Labute approximate surface area is 136 Å². The van der Waals surface area contributed by atoms with Crippen molar-refractivity contribution in [1.82, 2.24) is 0 Å². The first-order valence-corrected chi connectivity index (χ1v) is 8.70. The quantitative estimate of drug-likeness (QED) is 0.752.